The molecule has 0 unspecified atom stereocenters. The first-order valence-corrected chi connectivity index (χ1v) is 4.67. The van der Waals surface area contributed by atoms with E-state index in [2.05, 4.69) is 0 Å². The van der Waals surface area contributed by atoms with Crippen LogP contribution in [0.1, 0.15) is 36.0 Å². The molecular formula is C10H19ClN2O. The van der Waals surface area contributed by atoms with E-state index in [1.807, 2.05) is 19.9 Å². The summed E-state index contributed by atoms with van der Waals surface area (Å²) in [6.45, 7) is 4.67. The molecule has 3 nitrogen and oxygen atoms in total. The Morgan fingerprint density at radius 1 is 1.43 bits per heavy atom. The lowest BCUT2D eigenvalue weighted by Crippen LogP contribution is -2.11. The van der Waals surface area contributed by atoms with Crippen LogP contribution in [-0.4, -0.2) is 6.54 Å². The van der Waals surface area contributed by atoms with Gasteiger partial charge in [0, 0.05) is 0 Å². The fourth-order valence-corrected chi connectivity index (χ4v) is 1.26. The molecule has 1 atom stereocenters. The summed E-state index contributed by atoms with van der Waals surface area (Å²) >= 11 is 0. The van der Waals surface area contributed by atoms with Gasteiger partial charge in [0.25, 0.3) is 0 Å². The molecule has 1 aromatic heterocycles. The van der Waals surface area contributed by atoms with Crippen molar-refractivity contribution in [2.45, 2.75) is 32.7 Å². The predicted molar refractivity (Wildman–Crippen MR) is 60.6 cm³/mol. The van der Waals surface area contributed by atoms with Crippen molar-refractivity contribution < 1.29 is 4.42 Å². The Morgan fingerprint density at radius 2 is 2.07 bits per heavy atom. The van der Waals surface area contributed by atoms with Gasteiger partial charge in [-0.3, -0.25) is 0 Å². The maximum absolute atomic E-state index is 5.91. The van der Waals surface area contributed by atoms with E-state index in [0.29, 0.717) is 6.54 Å². The molecule has 14 heavy (non-hydrogen) atoms. The standard InChI is InChI=1S/C10H18N2O.ClH/c1-7-6-10(13-8(7)2)9(12)4-3-5-11;/h6,9H,3-5,11-12H2,1-2H3;1H/t9-;/m0./s1. The van der Waals surface area contributed by atoms with Crippen LogP contribution in [0, 0.1) is 13.8 Å². The van der Waals surface area contributed by atoms with E-state index in [0.717, 1.165) is 29.9 Å². The fraction of sp³-hybridized carbons (Fsp3) is 0.600. The Kier molecular flexibility index (Phi) is 5.84. The number of rotatable bonds is 4. The highest BCUT2D eigenvalue weighted by Gasteiger charge is 2.11. The summed E-state index contributed by atoms with van der Waals surface area (Å²) in [5.74, 6) is 1.83. The summed E-state index contributed by atoms with van der Waals surface area (Å²) in [6.07, 6.45) is 1.84. The largest absolute Gasteiger partial charge is 0.464 e. The number of halogens is 1. The van der Waals surface area contributed by atoms with Crippen molar-refractivity contribution in [3.63, 3.8) is 0 Å². The van der Waals surface area contributed by atoms with Gasteiger partial charge in [0.05, 0.1) is 6.04 Å². The zero-order valence-corrected chi connectivity index (χ0v) is 9.56. The third-order valence-electron chi connectivity index (χ3n) is 2.27. The van der Waals surface area contributed by atoms with Crippen molar-refractivity contribution in [2.24, 2.45) is 11.5 Å². The van der Waals surface area contributed by atoms with Crippen LogP contribution in [0.4, 0.5) is 0 Å². The van der Waals surface area contributed by atoms with Crippen molar-refractivity contribution in [3.05, 3.63) is 23.2 Å². The summed E-state index contributed by atoms with van der Waals surface area (Å²) in [5.41, 5.74) is 12.5. The van der Waals surface area contributed by atoms with Crippen molar-refractivity contribution >= 4 is 12.4 Å². The average molecular weight is 219 g/mol. The van der Waals surface area contributed by atoms with Gasteiger partial charge in [0.2, 0.25) is 0 Å². The lowest BCUT2D eigenvalue weighted by molar-refractivity contribution is 0.430. The van der Waals surface area contributed by atoms with E-state index < -0.39 is 0 Å². The molecule has 0 spiro atoms. The van der Waals surface area contributed by atoms with E-state index in [-0.39, 0.29) is 18.4 Å². The molecule has 1 heterocycles. The van der Waals surface area contributed by atoms with Crippen LogP contribution < -0.4 is 11.5 Å². The lowest BCUT2D eigenvalue weighted by Gasteiger charge is -2.06. The highest BCUT2D eigenvalue weighted by Crippen LogP contribution is 2.21. The number of hydrogen-bond acceptors (Lipinski definition) is 3. The quantitative estimate of drug-likeness (QED) is 0.813. The summed E-state index contributed by atoms with van der Waals surface area (Å²) in [6, 6.07) is 2.01. The third kappa shape index (κ3) is 3.33. The van der Waals surface area contributed by atoms with Gasteiger partial charge in [-0.15, -0.1) is 12.4 Å². The van der Waals surface area contributed by atoms with Crippen molar-refractivity contribution in [2.75, 3.05) is 6.54 Å². The molecule has 0 saturated heterocycles. The van der Waals surface area contributed by atoms with Crippen LogP contribution in [0.2, 0.25) is 0 Å². The number of hydrogen-bond donors (Lipinski definition) is 2. The zero-order valence-electron chi connectivity index (χ0n) is 8.75. The second kappa shape index (κ2) is 6.06. The molecule has 0 aliphatic rings. The lowest BCUT2D eigenvalue weighted by atomic mass is 10.1. The second-order valence-electron chi connectivity index (χ2n) is 3.43. The molecule has 0 radical (unpaired) electrons. The highest BCUT2D eigenvalue weighted by atomic mass is 35.5. The Bertz CT molecular complexity index is 254. The maximum Gasteiger partial charge on any atom is 0.121 e. The van der Waals surface area contributed by atoms with E-state index in [4.69, 9.17) is 15.9 Å². The summed E-state index contributed by atoms with van der Waals surface area (Å²) in [5, 5.41) is 0. The monoisotopic (exact) mass is 218 g/mol. The summed E-state index contributed by atoms with van der Waals surface area (Å²) < 4.78 is 5.51. The molecule has 4 N–H and O–H groups in total. The zero-order chi connectivity index (χ0) is 9.84. The molecule has 0 fully saturated rings. The van der Waals surface area contributed by atoms with Crippen LogP contribution in [0.3, 0.4) is 0 Å². The smallest absolute Gasteiger partial charge is 0.121 e. The van der Waals surface area contributed by atoms with Crippen LogP contribution in [0.15, 0.2) is 10.5 Å². The summed E-state index contributed by atoms with van der Waals surface area (Å²) in [4.78, 5) is 0. The Hall–Kier alpha value is -0.510. The van der Waals surface area contributed by atoms with Crippen LogP contribution in [0.25, 0.3) is 0 Å². The summed E-state index contributed by atoms with van der Waals surface area (Å²) in [7, 11) is 0. The minimum absolute atomic E-state index is 0. The van der Waals surface area contributed by atoms with Gasteiger partial charge >= 0.3 is 0 Å². The molecule has 4 heteroatoms. The fourth-order valence-electron chi connectivity index (χ4n) is 1.26. The first-order valence-electron chi connectivity index (χ1n) is 4.67. The molecule has 82 valence electrons. The van der Waals surface area contributed by atoms with Crippen molar-refractivity contribution in [3.8, 4) is 0 Å². The maximum atomic E-state index is 5.91. The Balaban J connectivity index is 0.00000169. The van der Waals surface area contributed by atoms with E-state index in [1.54, 1.807) is 0 Å². The van der Waals surface area contributed by atoms with Crippen molar-refractivity contribution in [1.29, 1.82) is 0 Å². The first kappa shape index (κ1) is 13.5. The van der Waals surface area contributed by atoms with Gasteiger partial charge in [-0.05, 0) is 44.9 Å². The number of furan rings is 1. The van der Waals surface area contributed by atoms with E-state index >= 15 is 0 Å². The first-order chi connectivity index (χ1) is 6.15. The molecule has 0 bridgehead atoms. The van der Waals surface area contributed by atoms with Crippen LogP contribution >= 0.6 is 12.4 Å². The van der Waals surface area contributed by atoms with E-state index in [1.165, 1.54) is 0 Å². The molecule has 0 amide bonds. The van der Waals surface area contributed by atoms with Gasteiger partial charge in [-0.1, -0.05) is 0 Å². The Labute approximate surface area is 91.2 Å². The molecular weight excluding hydrogens is 200 g/mol. The molecule has 0 aliphatic heterocycles. The van der Waals surface area contributed by atoms with Gasteiger partial charge in [0.15, 0.2) is 0 Å². The third-order valence-corrected chi connectivity index (χ3v) is 2.27. The van der Waals surface area contributed by atoms with Crippen LogP contribution in [-0.2, 0) is 0 Å². The average Bonchev–Trinajstić information content (AvgIpc) is 2.43. The molecule has 0 aromatic carbocycles. The SMILES string of the molecule is Cc1cc([C@@H](N)CCCN)oc1C.Cl. The Morgan fingerprint density at radius 3 is 2.50 bits per heavy atom. The second-order valence-corrected chi connectivity index (χ2v) is 3.43. The molecule has 1 rings (SSSR count). The van der Waals surface area contributed by atoms with Gasteiger partial charge < -0.3 is 15.9 Å². The van der Waals surface area contributed by atoms with Gasteiger partial charge in [-0.25, -0.2) is 0 Å². The van der Waals surface area contributed by atoms with Gasteiger partial charge in [-0.2, -0.15) is 0 Å². The van der Waals surface area contributed by atoms with Gasteiger partial charge in [0.1, 0.15) is 11.5 Å². The highest BCUT2D eigenvalue weighted by molar-refractivity contribution is 5.85. The molecule has 1 aromatic rings. The normalized spacial score (nSPS) is 12.3. The minimum Gasteiger partial charge on any atom is -0.464 e. The predicted octanol–water partition coefficient (Wildman–Crippen LogP) is 2.06. The minimum atomic E-state index is -0.00375. The molecule has 0 aliphatic carbocycles. The number of aryl methyl sites for hydroxylation is 2. The van der Waals surface area contributed by atoms with E-state index in [9.17, 15) is 0 Å². The molecule has 0 saturated carbocycles. The van der Waals surface area contributed by atoms with Crippen LogP contribution in [0.5, 0.6) is 0 Å². The number of nitrogens with two attached hydrogens (primary N) is 2. The topological polar surface area (TPSA) is 65.2 Å². The van der Waals surface area contributed by atoms with Crippen molar-refractivity contribution in [1.82, 2.24) is 0 Å².